The van der Waals surface area contributed by atoms with Gasteiger partial charge in [-0.1, -0.05) is 44.2 Å². The van der Waals surface area contributed by atoms with E-state index >= 15 is 0 Å². The molecule has 2 aromatic rings. The Bertz CT molecular complexity index is 570. The van der Waals surface area contributed by atoms with E-state index in [4.69, 9.17) is 0 Å². The molecule has 0 saturated carbocycles. The third kappa shape index (κ3) is 3.67. The van der Waals surface area contributed by atoms with Crippen LogP contribution in [0.25, 0.3) is 0 Å². The van der Waals surface area contributed by atoms with Crippen molar-refractivity contribution in [1.82, 2.24) is 5.32 Å². The lowest BCUT2D eigenvalue weighted by Gasteiger charge is -2.18. The first-order chi connectivity index (χ1) is 10.0. The van der Waals surface area contributed by atoms with Gasteiger partial charge in [0.15, 0.2) is 0 Å². The van der Waals surface area contributed by atoms with Gasteiger partial charge in [0.2, 0.25) is 0 Å². The molecule has 21 heavy (non-hydrogen) atoms. The van der Waals surface area contributed by atoms with Gasteiger partial charge in [0.25, 0.3) is 0 Å². The Kier molecular flexibility index (Phi) is 5.07. The number of hydrogen-bond donors (Lipinski definition) is 1. The zero-order valence-electron chi connectivity index (χ0n) is 12.7. The largest absolute Gasteiger partial charge is 0.313 e. The molecule has 0 fully saturated rings. The Morgan fingerprint density at radius 1 is 0.952 bits per heavy atom. The fourth-order valence-corrected chi connectivity index (χ4v) is 2.47. The van der Waals surface area contributed by atoms with Crippen molar-refractivity contribution in [3.8, 4) is 0 Å². The van der Waals surface area contributed by atoms with Crippen LogP contribution in [0.4, 0.5) is 8.78 Å². The molecule has 112 valence electrons. The third-order valence-electron chi connectivity index (χ3n) is 3.78. The van der Waals surface area contributed by atoms with Crippen molar-refractivity contribution in [3.63, 3.8) is 0 Å². The highest BCUT2D eigenvalue weighted by Crippen LogP contribution is 2.24. The van der Waals surface area contributed by atoms with Crippen LogP contribution >= 0.6 is 0 Å². The molecule has 0 aliphatic heterocycles. The van der Waals surface area contributed by atoms with Gasteiger partial charge in [-0.3, -0.25) is 0 Å². The van der Waals surface area contributed by atoms with Gasteiger partial charge in [0, 0.05) is 11.6 Å². The Morgan fingerprint density at radius 3 is 2.00 bits per heavy atom. The van der Waals surface area contributed by atoms with Crippen LogP contribution in [0.1, 0.15) is 42.5 Å². The average Bonchev–Trinajstić information content (AvgIpc) is 2.46. The highest BCUT2D eigenvalue weighted by atomic mass is 19.1. The zero-order chi connectivity index (χ0) is 15.4. The summed E-state index contributed by atoms with van der Waals surface area (Å²) in [5.74, 6) is -0.538. The second-order valence-electron chi connectivity index (χ2n) is 5.58. The SMILES string of the molecule is CNC(Cc1ccc(C(C)C)cc1)c1c(F)cccc1F. The highest BCUT2D eigenvalue weighted by molar-refractivity contribution is 5.29. The lowest BCUT2D eigenvalue weighted by atomic mass is 9.95. The molecule has 1 nitrogen and oxygen atoms in total. The summed E-state index contributed by atoms with van der Waals surface area (Å²) in [6.07, 6.45) is 0.548. The van der Waals surface area contributed by atoms with Gasteiger partial charge in [-0.25, -0.2) is 8.78 Å². The van der Waals surface area contributed by atoms with Gasteiger partial charge in [-0.15, -0.1) is 0 Å². The van der Waals surface area contributed by atoms with Crippen LogP contribution in [-0.4, -0.2) is 7.05 Å². The molecule has 1 atom stereocenters. The van der Waals surface area contributed by atoms with Crippen molar-refractivity contribution >= 4 is 0 Å². The first kappa shape index (κ1) is 15.6. The summed E-state index contributed by atoms with van der Waals surface area (Å²) >= 11 is 0. The van der Waals surface area contributed by atoms with E-state index in [2.05, 4.69) is 31.3 Å². The summed E-state index contributed by atoms with van der Waals surface area (Å²) in [4.78, 5) is 0. The topological polar surface area (TPSA) is 12.0 Å². The van der Waals surface area contributed by atoms with Crippen molar-refractivity contribution in [2.45, 2.75) is 32.2 Å². The van der Waals surface area contributed by atoms with Crippen LogP contribution in [0, 0.1) is 11.6 Å². The number of benzene rings is 2. The maximum atomic E-state index is 13.9. The highest BCUT2D eigenvalue weighted by Gasteiger charge is 2.19. The van der Waals surface area contributed by atoms with Gasteiger partial charge in [0.1, 0.15) is 11.6 Å². The van der Waals surface area contributed by atoms with E-state index in [1.165, 1.54) is 23.8 Å². The van der Waals surface area contributed by atoms with Crippen LogP contribution in [0.15, 0.2) is 42.5 Å². The van der Waals surface area contributed by atoms with Crippen molar-refractivity contribution in [1.29, 1.82) is 0 Å². The maximum absolute atomic E-state index is 13.9. The van der Waals surface area contributed by atoms with Gasteiger partial charge in [-0.05, 0) is 42.6 Å². The lowest BCUT2D eigenvalue weighted by molar-refractivity contribution is 0.489. The summed E-state index contributed by atoms with van der Waals surface area (Å²) in [7, 11) is 1.72. The van der Waals surface area contributed by atoms with Crippen molar-refractivity contribution in [2.24, 2.45) is 0 Å². The van der Waals surface area contributed by atoms with E-state index in [-0.39, 0.29) is 11.6 Å². The first-order valence-electron chi connectivity index (χ1n) is 7.23. The Balaban J connectivity index is 2.23. The molecule has 0 amide bonds. The van der Waals surface area contributed by atoms with Gasteiger partial charge >= 0.3 is 0 Å². The molecule has 0 radical (unpaired) electrons. The van der Waals surface area contributed by atoms with E-state index in [1.54, 1.807) is 7.05 Å². The molecule has 2 rings (SSSR count). The quantitative estimate of drug-likeness (QED) is 0.848. The molecular formula is C18H21F2N. The summed E-state index contributed by atoms with van der Waals surface area (Å²) in [6.45, 7) is 4.28. The summed E-state index contributed by atoms with van der Waals surface area (Å²) in [5.41, 5.74) is 2.42. The number of rotatable bonds is 5. The van der Waals surface area contributed by atoms with E-state index < -0.39 is 11.6 Å². The molecule has 1 unspecified atom stereocenters. The van der Waals surface area contributed by atoms with Crippen LogP contribution < -0.4 is 5.32 Å². The first-order valence-corrected chi connectivity index (χ1v) is 7.23. The number of nitrogens with one attached hydrogen (secondary N) is 1. The molecule has 0 heterocycles. The molecule has 0 bridgehead atoms. The fraction of sp³-hybridized carbons (Fsp3) is 0.333. The molecule has 0 aliphatic carbocycles. The van der Waals surface area contributed by atoms with Crippen LogP contribution in [0.5, 0.6) is 0 Å². The van der Waals surface area contributed by atoms with Crippen molar-refractivity contribution in [3.05, 3.63) is 70.8 Å². The second-order valence-corrected chi connectivity index (χ2v) is 5.58. The minimum atomic E-state index is -0.506. The van der Waals surface area contributed by atoms with Gasteiger partial charge < -0.3 is 5.32 Å². The summed E-state index contributed by atoms with van der Waals surface area (Å²) in [6, 6.07) is 11.8. The molecule has 0 aromatic heterocycles. The van der Waals surface area contributed by atoms with E-state index in [9.17, 15) is 8.78 Å². The number of halogens is 2. The Hall–Kier alpha value is -1.74. The van der Waals surface area contributed by atoms with Crippen molar-refractivity contribution < 1.29 is 8.78 Å². The van der Waals surface area contributed by atoms with Gasteiger partial charge in [-0.2, -0.15) is 0 Å². The van der Waals surface area contributed by atoms with E-state index in [1.807, 2.05) is 12.1 Å². The average molecular weight is 289 g/mol. The molecule has 0 saturated heterocycles. The minimum absolute atomic E-state index is 0.105. The van der Waals surface area contributed by atoms with Crippen LogP contribution in [0.2, 0.25) is 0 Å². The predicted octanol–water partition coefficient (Wildman–Crippen LogP) is 4.59. The molecule has 2 aromatic carbocycles. The lowest BCUT2D eigenvalue weighted by Crippen LogP contribution is -2.21. The van der Waals surface area contributed by atoms with Crippen LogP contribution in [0.3, 0.4) is 0 Å². The van der Waals surface area contributed by atoms with Crippen LogP contribution in [-0.2, 0) is 6.42 Å². The smallest absolute Gasteiger partial charge is 0.130 e. The summed E-state index contributed by atoms with van der Waals surface area (Å²) < 4.78 is 27.8. The number of hydrogen-bond acceptors (Lipinski definition) is 1. The normalized spacial score (nSPS) is 12.7. The molecule has 1 N–H and O–H groups in total. The van der Waals surface area contributed by atoms with E-state index in [0.29, 0.717) is 12.3 Å². The molecular weight excluding hydrogens is 268 g/mol. The molecule has 0 spiro atoms. The minimum Gasteiger partial charge on any atom is -0.313 e. The van der Waals surface area contributed by atoms with Crippen molar-refractivity contribution in [2.75, 3.05) is 7.05 Å². The van der Waals surface area contributed by atoms with Gasteiger partial charge in [0.05, 0.1) is 0 Å². The Labute approximate surface area is 125 Å². The standard InChI is InChI=1S/C18H21F2N/c1-12(2)14-9-7-13(8-10-14)11-17(21-3)18-15(19)5-4-6-16(18)20/h4-10,12,17,21H,11H2,1-3H3. The zero-order valence-corrected chi connectivity index (χ0v) is 12.7. The van der Waals surface area contributed by atoms with E-state index in [0.717, 1.165) is 5.56 Å². The molecule has 3 heteroatoms. The monoisotopic (exact) mass is 289 g/mol. The third-order valence-corrected chi connectivity index (χ3v) is 3.78. The molecule has 0 aliphatic rings. The summed E-state index contributed by atoms with van der Waals surface area (Å²) in [5, 5.41) is 3.01. The Morgan fingerprint density at radius 2 is 1.52 bits per heavy atom. The number of likely N-dealkylation sites (N-methyl/N-ethyl adjacent to an activating group) is 1. The second kappa shape index (κ2) is 6.81. The predicted molar refractivity (Wildman–Crippen MR) is 82.4 cm³/mol. The maximum Gasteiger partial charge on any atom is 0.130 e. The fourth-order valence-electron chi connectivity index (χ4n) is 2.47.